The summed E-state index contributed by atoms with van der Waals surface area (Å²) in [7, 11) is 1.40. The number of carbonyl (C=O) groups excluding carboxylic acids is 4. The van der Waals surface area contributed by atoms with Gasteiger partial charge in [-0.05, 0) is 60.2 Å². The molecule has 1 saturated heterocycles. The summed E-state index contributed by atoms with van der Waals surface area (Å²) < 4.78 is 33.8. The van der Waals surface area contributed by atoms with Crippen LogP contribution in [0, 0.1) is 11.6 Å². The normalized spacial score (nSPS) is 20.6. The van der Waals surface area contributed by atoms with Crippen molar-refractivity contribution in [3.63, 3.8) is 0 Å². The molecule has 1 unspecified atom stereocenters. The fourth-order valence-corrected chi connectivity index (χ4v) is 5.11. The summed E-state index contributed by atoms with van der Waals surface area (Å²) in [5, 5.41) is 4.71. The summed E-state index contributed by atoms with van der Waals surface area (Å²) >= 11 is 0. The van der Waals surface area contributed by atoms with Crippen LogP contribution < -0.4 is 10.6 Å². The minimum absolute atomic E-state index is 0.0599. The summed E-state index contributed by atoms with van der Waals surface area (Å²) in [6, 6.07) is 6.34. The maximum absolute atomic E-state index is 14.7. The Morgan fingerprint density at radius 3 is 2.67 bits per heavy atom. The molecule has 0 saturated carbocycles. The zero-order chi connectivity index (χ0) is 25.6. The standard InChI is InChI=1S/C25H24F2N4O5/c1-28-23(34)29-20-10-15-6-7-25(18(15)11-19(20)27)22(33)31(24(35)36-25)13-21(32)30-8-2-3-14-9-17(26)5-4-16(14)12-30/h4-5,9-11H,2-3,6-8,12-13H2,1H3,(H2,28,29,34). The molecule has 2 aliphatic heterocycles. The van der Waals surface area contributed by atoms with E-state index in [4.69, 9.17) is 4.74 Å². The largest absolute Gasteiger partial charge is 0.427 e. The fraction of sp³-hybridized carbons (Fsp3) is 0.360. The van der Waals surface area contributed by atoms with Gasteiger partial charge >= 0.3 is 12.1 Å². The number of hydrogen-bond acceptors (Lipinski definition) is 5. The van der Waals surface area contributed by atoms with Crippen LogP contribution in [0.1, 0.15) is 35.1 Å². The van der Waals surface area contributed by atoms with Crippen molar-refractivity contribution in [2.24, 2.45) is 0 Å². The quantitative estimate of drug-likeness (QED) is 0.677. The molecule has 2 aromatic rings. The number of nitrogens with one attached hydrogen (secondary N) is 2. The molecule has 0 aromatic heterocycles. The van der Waals surface area contributed by atoms with E-state index >= 15 is 0 Å². The van der Waals surface area contributed by atoms with Crippen molar-refractivity contribution in [3.8, 4) is 0 Å². The first-order chi connectivity index (χ1) is 17.2. The van der Waals surface area contributed by atoms with Crippen molar-refractivity contribution in [2.75, 3.05) is 25.5 Å². The number of nitrogens with zero attached hydrogens (tertiary/aromatic N) is 2. The highest BCUT2D eigenvalue weighted by Gasteiger charge is 2.58. The van der Waals surface area contributed by atoms with E-state index in [1.54, 1.807) is 6.07 Å². The van der Waals surface area contributed by atoms with Crippen LogP contribution >= 0.6 is 0 Å². The first-order valence-corrected chi connectivity index (χ1v) is 11.6. The van der Waals surface area contributed by atoms with Gasteiger partial charge in [-0.15, -0.1) is 0 Å². The van der Waals surface area contributed by atoms with Crippen LogP contribution in [0.25, 0.3) is 0 Å². The first-order valence-electron chi connectivity index (χ1n) is 11.6. The molecule has 188 valence electrons. The van der Waals surface area contributed by atoms with Crippen LogP contribution in [0.3, 0.4) is 0 Å². The molecule has 36 heavy (non-hydrogen) atoms. The van der Waals surface area contributed by atoms with Crippen LogP contribution in [0.15, 0.2) is 30.3 Å². The SMILES string of the molecule is CNC(=O)Nc1cc2c(cc1F)C1(CC2)OC(=O)N(CC(=O)N2CCCc3cc(F)ccc3C2)C1=O. The third-order valence-electron chi connectivity index (χ3n) is 6.97. The highest BCUT2D eigenvalue weighted by molar-refractivity contribution is 6.06. The second kappa shape index (κ2) is 8.89. The predicted molar refractivity (Wildman–Crippen MR) is 123 cm³/mol. The van der Waals surface area contributed by atoms with Gasteiger partial charge in [-0.3, -0.25) is 9.59 Å². The monoisotopic (exact) mass is 498 g/mol. The van der Waals surface area contributed by atoms with E-state index in [-0.39, 0.29) is 30.0 Å². The van der Waals surface area contributed by atoms with Crippen LogP contribution in [-0.2, 0) is 39.3 Å². The number of halogens is 2. The lowest BCUT2D eigenvalue weighted by Crippen LogP contribution is -2.44. The Morgan fingerprint density at radius 2 is 1.89 bits per heavy atom. The van der Waals surface area contributed by atoms with Crippen LogP contribution in [0.5, 0.6) is 0 Å². The van der Waals surface area contributed by atoms with E-state index in [2.05, 4.69) is 10.6 Å². The second-order valence-corrected chi connectivity index (χ2v) is 9.11. The molecular formula is C25H24F2N4O5. The molecular weight excluding hydrogens is 474 g/mol. The van der Waals surface area contributed by atoms with Crippen molar-refractivity contribution in [2.45, 2.75) is 37.8 Å². The molecule has 1 spiro atoms. The Kier molecular flexibility index (Phi) is 5.85. The third kappa shape index (κ3) is 3.94. The van der Waals surface area contributed by atoms with Gasteiger partial charge in [0.25, 0.3) is 5.91 Å². The lowest BCUT2D eigenvalue weighted by molar-refractivity contribution is -0.142. The number of rotatable bonds is 3. The van der Waals surface area contributed by atoms with E-state index in [0.29, 0.717) is 31.4 Å². The van der Waals surface area contributed by atoms with E-state index < -0.39 is 41.9 Å². The molecule has 3 aliphatic rings. The Morgan fingerprint density at radius 1 is 1.08 bits per heavy atom. The summed E-state index contributed by atoms with van der Waals surface area (Å²) in [5.74, 6) is -2.28. The molecule has 11 heteroatoms. The summed E-state index contributed by atoms with van der Waals surface area (Å²) in [4.78, 5) is 53.1. The Bertz CT molecular complexity index is 1300. The maximum atomic E-state index is 14.7. The Hall–Kier alpha value is -4.02. The highest BCUT2D eigenvalue weighted by Crippen LogP contribution is 2.46. The summed E-state index contributed by atoms with van der Waals surface area (Å²) in [6.07, 6.45) is 0.681. The lowest BCUT2D eigenvalue weighted by atomic mass is 9.94. The number of benzene rings is 2. The molecule has 2 aromatic carbocycles. The number of fused-ring (bicyclic) bond motifs is 3. The van der Waals surface area contributed by atoms with E-state index in [1.165, 1.54) is 30.1 Å². The average Bonchev–Trinajstić information content (AvgIpc) is 3.20. The van der Waals surface area contributed by atoms with Crippen molar-refractivity contribution in [3.05, 3.63) is 64.2 Å². The minimum atomic E-state index is -1.71. The van der Waals surface area contributed by atoms with Crippen molar-refractivity contribution >= 4 is 29.6 Å². The molecule has 5 rings (SSSR count). The predicted octanol–water partition coefficient (Wildman–Crippen LogP) is 2.81. The number of anilines is 1. The van der Waals surface area contributed by atoms with Crippen LogP contribution in [0.4, 0.5) is 24.1 Å². The van der Waals surface area contributed by atoms with Gasteiger partial charge in [0.2, 0.25) is 11.5 Å². The van der Waals surface area contributed by atoms with E-state index in [1.807, 2.05) is 0 Å². The number of aryl methyl sites for hydroxylation is 2. The van der Waals surface area contributed by atoms with Gasteiger partial charge in [0.05, 0.1) is 5.69 Å². The Balaban J connectivity index is 1.35. The number of imide groups is 1. The van der Waals surface area contributed by atoms with Crippen molar-refractivity contribution in [1.82, 2.24) is 15.1 Å². The van der Waals surface area contributed by atoms with Gasteiger partial charge in [0.15, 0.2) is 0 Å². The zero-order valence-corrected chi connectivity index (χ0v) is 19.5. The van der Waals surface area contributed by atoms with Gasteiger partial charge < -0.3 is 20.3 Å². The topological polar surface area (TPSA) is 108 Å². The minimum Gasteiger partial charge on any atom is -0.427 e. The Labute approximate surface area is 205 Å². The third-order valence-corrected chi connectivity index (χ3v) is 6.97. The smallest absolute Gasteiger partial charge is 0.418 e. The van der Waals surface area contributed by atoms with Crippen molar-refractivity contribution < 1.29 is 32.7 Å². The van der Waals surface area contributed by atoms with E-state index in [0.717, 1.165) is 22.1 Å². The maximum Gasteiger partial charge on any atom is 0.418 e. The second-order valence-electron chi connectivity index (χ2n) is 9.11. The van der Waals surface area contributed by atoms with Crippen LogP contribution in [0.2, 0.25) is 0 Å². The molecule has 2 N–H and O–H groups in total. The van der Waals surface area contributed by atoms with Crippen LogP contribution in [-0.4, -0.2) is 53.9 Å². The molecule has 2 heterocycles. The van der Waals surface area contributed by atoms with Gasteiger partial charge in [-0.2, -0.15) is 0 Å². The van der Waals surface area contributed by atoms with Gasteiger partial charge in [-0.1, -0.05) is 6.07 Å². The molecule has 0 bridgehead atoms. The molecule has 0 radical (unpaired) electrons. The molecule has 1 aliphatic carbocycles. The highest BCUT2D eigenvalue weighted by atomic mass is 19.1. The molecule has 5 amide bonds. The number of amides is 5. The van der Waals surface area contributed by atoms with Crippen molar-refractivity contribution in [1.29, 1.82) is 0 Å². The number of hydrogen-bond donors (Lipinski definition) is 2. The number of carbonyl (C=O) groups is 4. The number of urea groups is 1. The average molecular weight is 498 g/mol. The van der Waals surface area contributed by atoms with Gasteiger partial charge in [0.1, 0.15) is 18.2 Å². The summed E-state index contributed by atoms with van der Waals surface area (Å²) in [5.41, 5.74) is 0.651. The number of ether oxygens (including phenoxy) is 1. The zero-order valence-electron chi connectivity index (χ0n) is 19.5. The van der Waals surface area contributed by atoms with Gasteiger partial charge in [0, 0.05) is 32.1 Å². The van der Waals surface area contributed by atoms with E-state index in [9.17, 15) is 28.0 Å². The van der Waals surface area contributed by atoms with Gasteiger partial charge in [-0.25, -0.2) is 23.3 Å². The fourth-order valence-electron chi connectivity index (χ4n) is 5.11. The summed E-state index contributed by atoms with van der Waals surface area (Å²) in [6.45, 7) is 0.127. The first kappa shape index (κ1) is 23.7. The lowest BCUT2D eigenvalue weighted by Gasteiger charge is -2.24. The molecule has 1 fully saturated rings. The molecule has 9 nitrogen and oxygen atoms in total. The molecule has 1 atom stereocenters.